The summed E-state index contributed by atoms with van der Waals surface area (Å²) in [6, 6.07) is 18.9. The predicted octanol–water partition coefficient (Wildman–Crippen LogP) is 3.32. The fourth-order valence-electron chi connectivity index (χ4n) is 3.74. The quantitative estimate of drug-likeness (QED) is 0.717. The molecule has 0 aliphatic carbocycles. The summed E-state index contributed by atoms with van der Waals surface area (Å²) < 4.78 is 2.00. The van der Waals surface area contributed by atoms with Crippen LogP contribution in [0.4, 0.5) is 0 Å². The van der Waals surface area contributed by atoms with Crippen molar-refractivity contribution < 1.29 is 5.11 Å². The Morgan fingerprint density at radius 1 is 1.00 bits per heavy atom. The van der Waals surface area contributed by atoms with Crippen molar-refractivity contribution in [3.8, 4) is 5.69 Å². The molecule has 28 heavy (non-hydrogen) atoms. The van der Waals surface area contributed by atoms with E-state index in [4.69, 9.17) is 10.1 Å². The van der Waals surface area contributed by atoms with Crippen molar-refractivity contribution in [1.29, 1.82) is 0 Å². The lowest BCUT2D eigenvalue weighted by molar-refractivity contribution is 0.0777. The zero-order chi connectivity index (χ0) is 19.3. The zero-order valence-electron chi connectivity index (χ0n) is 16.5. The Bertz CT molecular complexity index is 898. The minimum absolute atomic E-state index is 0.160. The first-order valence-electron chi connectivity index (χ1n) is 10.1. The van der Waals surface area contributed by atoms with Gasteiger partial charge >= 0.3 is 0 Å². The molecule has 1 saturated heterocycles. The Kier molecular flexibility index (Phi) is 5.84. The van der Waals surface area contributed by atoms with Crippen LogP contribution >= 0.6 is 0 Å². The van der Waals surface area contributed by atoms with Gasteiger partial charge in [0.1, 0.15) is 5.82 Å². The number of benzene rings is 2. The first-order chi connectivity index (χ1) is 13.7. The van der Waals surface area contributed by atoms with E-state index < -0.39 is 0 Å². The Labute approximate surface area is 166 Å². The van der Waals surface area contributed by atoms with Crippen LogP contribution in [-0.4, -0.2) is 44.0 Å². The van der Waals surface area contributed by atoms with Crippen molar-refractivity contribution >= 4 is 0 Å². The zero-order valence-corrected chi connectivity index (χ0v) is 16.5. The van der Waals surface area contributed by atoms with Crippen LogP contribution in [0.2, 0.25) is 0 Å². The molecule has 5 heteroatoms. The van der Waals surface area contributed by atoms with Gasteiger partial charge in [-0.25, -0.2) is 9.67 Å². The van der Waals surface area contributed by atoms with E-state index in [1.165, 1.54) is 11.1 Å². The predicted molar refractivity (Wildman–Crippen MR) is 110 cm³/mol. The number of rotatable bonds is 6. The molecule has 1 aliphatic heterocycles. The van der Waals surface area contributed by atoms with Gasteiger partial charge in [0.05, 0.1) is 18.3 Å². The van der Waals surface area contributed by atoms with Gasteiger partial charge < -0.3 is 5.11 Å². The average molecular weight is 377 g/mol. The van der Waals surface area contributed by atoms with Crippen LogP contribution in [-0.2, 0) is 19.4 Å². The van der Waals surface area contributed by atoms with E-state index in [0.717, 1.165) is 62.7 Å². The van der Waals surface area contributed by atoms with Crippen molar-refractivity contribution in [2.45, 2.75) is 45.3 Å². The number of hydrogen-bond acceptors (Lipinski definition) is 4. The Morgan fingerprint density at radius 2 is 1.79 bits per heavy atom. The van der Waals surface area contributed by atoms with Gasteiger partial charge in [-0.05, 0) is 49.4 Å². The molecule has 5 nitrogen and oxygen atoms in total. The standard InChI is InChI=1S/C23H28N4O/c1-18-6-5-9-20(16-18)27-23(17-26-14-12-21(28)13-15-26)24-22(25-27)11-10-19-7-3-2-4-8-19/h2-9,16,21,28H,10-15,17H2,1H3. The van der Waals surface area contributed by atoms with Crippen LogP contribution < -0.4 is 0 Å². The third kappa shape index (κ3) is 4.66. The molecule has 1 N–H and O–H groups in total. The van der Waals surface area contributed by atoms with E-state index in [1.54, 1.807) is 0 Å². The van der Waals surface area contributed by atoms with Crippen molar-refractivity contribution in [1.82, 2.24) is 19.7 Å². The lowest BCUT2D eigenvalue weighted by Gasteiger charge is -2.28. The molecule has 0 unspecified atom stereocenters. The third-order valence-electron chi connectivity index (χ3n) is 5.37. The number of piperidine rings is 1. The topological polar surface area (TPSA) is 54.2 Å². The molecule has 3 aromatic rings. The largest absolute Gasteiger partial charge is 0.393 e. The molecule has 1 aliphatic rings. The number of aliphatic hydroxyl groups is 1. The lowest BCUT2D eigenvalue weighted by Crippen LogP contribution is -2.36. The van der Waals surface area contributed by atoms with Gasteiger partial charge in [0, 0.05) is 19.5 Å². The second-order valence-electron chi connectivity index (χ2n) is 7.69. The number of hydrogen-bond donors (Lipinski definition) is 1. The molecular formula is C23H28N4O. The summed E-state index contributed by atoms with van der Waals surface area (Å²) in [7, 11) is 0. The van der Waals surface area contributed by atoms with Crippen molar-refractivity contribution in [2.75, 3.05) is 13.1 Å². The molecule has 0 radical (unpaired) electrons. The third-order valence-corrected chi connectivity index (χ3v) is 5.37. The molecule has 0 bridgehead atoms. The Morgan fingerprint density at radius 3 is 2.54 bits per heavy atom. The highest BCUT2D eigenvalue weighted by atomic mass is 16.3. The first kappa shape index (κ1) is 18.8. The van der Waals surface area contributed by atoms with Crippen molar-refractivity contribution in [3.05, 3.63) is 77.4 Å². The van der Waals surface area contributed by atoms with Gasteiger partial charge in [-0.3, -0.25) is 4.90 Å². The first-order valence-corrected chi connectivity index (χ1v) is 10.1. The van der Waals surface area contributed by atoms with Gasteiger partial charge in [0.15, 0.2) is 5.82 Å². The SMILES string of the molecule is Cc1cccc(-n2nc(CCc3ccccc3)nc2CN2CCC(O)CC2)c1. The summed E-state index contributed by atoms with van der Waals surface area (Å²) in [4.78, 5) is 7.26. The maximum atomic E-state index is 9.78. The summed E-state index contributed by atoms with van der Waals surface area (Å²) in [5.74, 6) is 1.86. The molecule has 0 saturated carbocycles. The van der Waals surface area contributed by atoms with E-state index in [2.05, 4.69) is 60.4 Å². The number of likely N-dealkylation sites (tertiary alicyclic amines) is 1. The molecule has 2 heterocycles. The monoisotopic (exact) mass is 376 g/mol. The molecule has 1 fully saturated rings. The highest BCUT2D eigenvalue weighted by molar-refractivity contribution is 5.35. The summed E-state index contributed by atoms with van der Waals surface area (Å²) >= 11 is 0. The molecule has 146 valence electrons. The van der Waals surface area contributed by atoms with Crippen LogP contribution in [0.5, 0.6) is 0 Å². The highest BCUT2D eigenvalue weighted by Gasteiger charge is 2.20. The van der Waals surface area contributed by atoms with E-state index >= 15 is 0 Å². The van der Waals surface area contributed by atoms with Gasteiger partial charge in [-0.2, -0.15) is 5.10 Å². The van der Waals surface area contributed by atoms with Gasteiger partial charge in [-0.15, -0.1) is 0 Å². The number of aromatic nitrogens is 3. The van der Waals surface area contributed by atoms with Crippen LogP contribution in [0.15, 0.2) is 54.6 Å². The number of nitrogens with zero attached hydrogens (tertiary/aromatic N) is 4. The van der Waals surface area contributed by atoms with E-state index in [-0.39, 0.29) is 6.10 Å². The van der Waals surface area contributed by atoms with Gasteiger partial charge in [0.2, 0.25) is 0 Å². The Balaban J connectivity index is 1.56. The molecule has 4 rings (SSSR count). The minimum atomic E-state index is -0.160. The normalized spacial score (nSPS) is 15.8. The molecule has 2 aromatic carbocycles. The van der Waals surface area contributed by atoms with E-state index in [0.29, 0.717) is 0 Å². The Hall–Kier alpha value is -2.50. The second-order valence-corrected chi connectivity index (χ2v) is 7.69. The highest BCUT2D eigenvalue weighted by Crippen LogP contribution is 2.17. The lowest BCUT2D eigenvalue weighted by atomic mass is 10.1. The van der Waals surface area contributed by atoms with E-state index in [1.807, 2.05) is 10.7 Å². The molecule has 1 aromatic heterocycles. The molecule has 0 spiro atoms. The number of aliphatic hydroxyl groups excluding tert-OH is 1. The fraction of sp³-hybridized carbons (Fsp3) is 0.391. The van der Waals surface area contributed by atoms with Gasteiger partial charge in [0.25, 0.3) is 0 Å². The van der Waals surface area contributed by atoms with Crippen LogP contribution in [0.1, 0.15) is 35.6 Å². The fourth-order valence-corrected chi connectivity index (χ4v) is 3.74. The van der Waals surface area contributed by atoms with Crippen LogP contribution in [0.25, 0.3) is 5.69 Å². The summed E-state index contributed by atoms with van der Waals surface area (Å²) in [5, 5.41) is 14.6. The smallest absolute Gasteiger partial charge is 0.151 e. The second kappa shape index (κ2) is 8.67. The average Bonchev–Trinajstić information content (AvgIpc) is 3.12. The molecule has 0 atom stereocenters. The van der Waals surface area contributed by atoms with Gasteiger partial charge in [-0.1, -0.05) is 42.5 Å². The molecular weight excluding hydrogens is 348 g/mol. The summed E-state index contributed by atoms with van der Waals surface area (Å²) in [6.45, 7) is 4.67. The van der Waals surface area contributed by atoms with Crippen LogP contribution in [0.3, 0.4) is 0 Å². The number of aryl methyl sites for hydroxylation is 3. The van der Waals surface area contributed by atoms with E-state index in [9.17, 15) is 5.11 Å². The van der Waals surface area contributed by atoms with Crippen molar-refractivity contribution in [3.63, 3.8) is 0 Å². The summed E-state index contributed by atoms with van der Waals surface area (Å²) in [6.07, 6.45) is 3.27. The van der Waals surface area contributed by atoms with Crippen LogP contribution in [0, 0.1) is 6.92 Å². The maximum Gasteiger partial charge on any atom is 0.151 e. The maximum absolute atomic E-state index is 9.78. The minimum Gasteiger partial charge on any atom is -0.393 e. The summed E-state index contributed by atoms with van der Waals surface area (Å²) in [5.41, 5.74) is 3.58. The van der Waals surface area contributed by atoms with Crippen molar-refractivity contribution in [2.24, 2.45) is 0 Å². The molecule has 0 amide bonds.